The first-order valence-electron chi connectivity index (χ1n) is 9.05. The topological polar surface area (TPSA) is 21.3 Å². The molecule has 1 unspecified atom stereocenters. The Bertz CT molecular complexity index is 234. The molecule has 0 aliphatic heterocycles. The normalized spacial score (nSPS) is 28.5. The highest BCUT2D eigenvalue weighted by Crippen LogP contribution is 2.38. The minimum atomic E-state index is 0.115. The van der Waals surface area contributed by atoms with Crippen LogP contribution in [0, 0.1) is 5.92 Å². The standard InChI is InChI=1S/C18H37NO/c1-5-8-9-10-17(19-15-6-2)18(20-7-3)13-11-16(4)12-14-18/h16-17,19H,5-15H2,1-4H3. The van der Waals surface area contributed by atoms with Crippen molar-refractivity contribution in [3.8, 4) is 0 Å². The fraction of sp³-hybridized carbons (Fsp3) is 1.00. The fourth-order valence-electron chi connectivity index (χ4n) is 3.60. The van der Waals surface area contributed by atoms with E-state index in [9.17, 15) is 0 Å². The van der Waals surface area contributed by atoms with Gasteiger partial charge in [-0.3, -0.25) is 0 Å². The molecule has 1 saturated carbocycles. The summed E-state index contributed by atoms with van der Waals surface area (Å²) in [5.41, 5.74) is 0.115. The maximum atomic E-state index is 6.35. The van der Waals surface area contributed by atoms with Gasteiger partial charge < -0.3 is 10.1 Å². The zero-order chi connectivity index (χ0) is 14.8. The average Bonchev–Trinajstić information content (AvgIpc) is 2.46. The van der Waals surface area contributed by atoms with Gasteiger partial charge in [-0.2, -0.15) is 0 Å². The number of ether oxygens (including phenoxy) is 1. The lowest BCUT2D eigenvalue weighted by molar-refractivity contribution is -0.0980. The van der Waals surface area contributed by atoms with E-state index in [1.807, 2.05) is 0 Å². The average molecular weight is 284 g/mol. The lowest BCUT2D eigenvalue weighted by Gasteiger charge is -2.45. The molecular weight excluding hydrogens is 246 g/mol. The van der Waals surface area contributed by atoms with E-state index in [1.54, 1.807) is 0 Å². The van der Waals surface area contributed by atoms with Crippen molar-refractivity contribution in [1.29, 1.82) is 0 Å². The molecule has 1 fully saturated rings. The third kappa shape index (κ3) is 5.37. The van der Waals surface area contributed by atoms with Crippen LogP contribution in [0.3, 0.4) is 0 Å². The van der Waals surface area contributed by atoms with Crippen molar-refractivity contribution in [3.05, 3.63) is 0 Å². The monoisotopic (exact) mass is 283 g/mol. The molecule has 1 aliphatic rings. The van der Waals surface area contributed by atoms with Gasteiger partial charge in [-0.05, 0) is 57.9 Å². The van der Waals surface area contributed by atoms with Crippen molar-refractivity contribution in [1.82, 2.24) is 5.32 Å². The lowest BCUT2D eigenvalue weighted by Crippen LogP contribution is -2.54. The van der Waals surface area contributed by atoms with Gasteiger partial charge in [0.05, 0.1) is 5.60 Å². The van der Waals surface area contributed by atoms with E-state index >= 15 is 0 Å². The summed E-state index contributed by atoms with van der Waals surface area (Å²) in [5, 5.41) is 3.81. The molecule has 120 valence electrons. The molecule has 1 aliphatic carbocycles. The van der Waals surface area contributed by atoms with Crippen LogP contribution >= 0.6 is 0 Å². The van der Waals surface area contributed by atoms with Gasteiger partial charge in [-0.1, -0.05) is 40.0 Å². The van der Waals surface area contributed by atoms with Crippen molar-refractivity contribution in [3.63, 3.8) is 0 Å². The fourth-order valence-corrected chi connectivity index (χ4v) is 3.60. The summed E-state index contributed by atoms with van der Waals surface area (Å²) in [7, 11) is 0. The van der Waals surface area contributed by atoms with Crippen molar-refractivity contribution >= 4 is 0 Å². The summed E-state index contributed by atoms with van der Waals surface area (Å²) in [4.78, 5) is 0. The third-order valence-corrected chi connectivity index (χ3v) is 4.92. The van der Waals surface area contributed by atoms with Crippen LogP contribution in [0.1, 0.15) is 85.5 Å². The Morgan fingerprint density at radius 2 is 1.80 bits per heavy atom. The highest BCUT2D eigenvalue weighted by molar-refractivity contribution is 4.96. The summed E-state index contributed by atoms with van der Waals surface area (Å²) >= 11 is 0. The predicted molar refractivity (Wildman–Crippen MR) is 88.2 cm³/mol. The first-order chi connectivity index (χ1) is 9.68. The number of hydrogen-bond acceptors (Lipinski definition) is 2. The molecule has 0 saturated heterocycles. The molecule has 0 aromatic carbocycles. The molecule has 0 spiro atoms. The van der Waals surface area contributed by atoms with Gasteiger partial charge >= 0.3 is 0 Å². The van der Waals surface area contributed by atoms with E-state index in [0.717, 1.165) is 19.1 Å². The Morgan fingerprint density at radius 1 is 1.10 bits per heavy atom. The quantitative estimate of drug-likeness (QED) is 0.575. The number of nitrogens with one attached hydrogen (secondary N) is 1. The molecule has 0 aromatic heterocycles. The summed E-state index contributed by atoms with van der Waals surface area (Å²) in [6, 6.07) is 0.557. The molecule has 0 bridgehead atoms. The highest BCUT2D eigenvalue weighted by Gasteiger charge is 2.41. The second-order valence-electron chi connectivity index (χ2n) is 6.68. The summed E-state index contributed by atoms with van der Waals surface area (Å²) in [5.74, 6) is 0.881. The minimum Gasteiger partial charge on any atom is -0.374 e. The van der Waals surface area contributed by atoms with Crippen LogP contribution in [0.5, 0.6) is 0 Å². The van der Waals surface area contributed by atoms with Crippen LogP contribution in [-0.4, -0.2) is 24.8 Å². The highest BCUT2D eigenvalue weighted by atomic mass is 16.5. The number of unbranched alkanes of at least 4 members (excludes halogenated alkanes) is 2. The zero-order valence-corrected chi connectivity index (χ0v) is 14.3. The zero-order valence-electron chi connectivity index (χ0n) is 14.3. The van der Waals surface area contributed by atoms with Gasteiger partial charge in [-0.15, -0.1) is 0 Å². The van der Waals surface area contributed by atoms with Gasteiger partial charge in [-0.25, -0.2) is 0 Å². The van der Waals surface area contributed by atoms with E-state index in [1.165, 1.54) is 57.8 Å². The van der Waals surface area contributed by atoms with Crippen LogP contribution in [0.2, 0.25) is 0 Å². The van der Waals surface area contributed by atoms with Gasteiger partial charge in [0.1, 0.15) is 0 Å². The molecule has 0 aromatic rings. The largest absolute Gasteiger partial charge is 0.374 e. The van der Waals surface area contributed by atoms with E-state index < -0.39 is 0 Å². The van der Waals surface area contributed by atoms with E-state index in [4.69, 9.17) is 4.74 Å². The molecule has 0 radical (unpaired) electrons. The van der Waals surface area contributed by atoms with Crippen LogP contribution in [0.15, 0.2) is 0 Å². The predicted octanol–water partition coefficient (Wildman–Crippen LogP) is 4.92. The van der Waals surface area contributed by atoms with E-state index in [2.05, 4.69) is 33.0 Å². The molecule has 2 nitrogen and oxygen atoms in total. The Morgan fingerprint density at radius 3 is 2.35 bits per heavy atom. The SMILES string of the molecule is CCCCCC(NCCC)C1(OCC)CCC(C)CC1. The van der Waals surface area contributed by atoms with Crippen LogP contribution in [0.4, 0.5) is 0 Å². The molecular formula is C18H37NO. The van der Waals surface area contributed by atoms with Crippen LogP contribution in [0.25, 0.3) is 0 Å². The molecule has 2 heteroatoms. The minimum absolute atomic E-state index is 0.115. The molecule has 0 heterocycles. The summed E-state index contributed by atoms with van der Waals surface area (Å²) < 4.78 is 6.35. The molecule has 1 atom stereocenters. The van der Waals surface area contributed by atoms with Crippen LogP contribution < -0.4 is 5.32 Å². The maximum Gasteiger partial charge on any atom is 0.0834 e. The van der Waals surface area contributed by atoms with Crippen molar-refractivity contribution in [2.45, 2.75) is 97.1 Å². The van der Waals surface area contributed by atoms with Gasteiger partial charge in [0.25, 0.3) is 0 Å². The molecule has 0 amide bonds. The van der Waals surface area contributed by atoms with Gasteiger partial charge in [0.2, 0.25) is 0 Å². The van der Waals surface area contributed by atoms with Crippen LogP contribution in [-0.2, 0) is 4.74 Å². The Kier molecular flexibility index (Phi) is 8.79. The maximum absolute atomic E-state index is 6.35. The van der Waals surface area contributed by atoms with Crippen molar-refractivity contribution < 1.29 is 4.74 Å². The number of hydrogen-bond donors (Lipinski definition) is 1. The third-order valence-electron chi connectivity index (χ3n) is 4.92. The van der Waals surface area contributed by atoms with E-state index in [0.29, 0.717) is 6.04 Å². The van der Waals surface area contributed by atoms with Gasteiger partial charge in [0.15, 0.2) is 0 Å². The van der Waals surface area contributed by atoms with E-state index in [-0.39, 0.29) is 5.60 Å². The molecule has 20 heavy (non-hydrogen) atoms. The lowest BCUT2D eigenvalue weighted by atomic mass is 9.74. The first kappa shape index (κ1) is 18.0. The van der Waals surface area contributed by atoms with Crippen molar-refractivity contribution in [2.24, 2.45) is 5.92 Å². The Hall–Kier alpha value is -0.0800. The molecule has 1 N–H and O–H groups in total. The number of rotatable bonds is 10. The second-order valence-corrected chi connectivity index (χ2v) is 6.68. The Balaban J connectivity index is 2.68. The second kappa shape index (κ2) is 9.78. The molecule has 1 rings (SSSR count). The first-order valence-corrected chi connectivity index (χ1v) is 9.05. The smallest absolute Gasteiger partial charge is 0.0834 e. The summed E-state index contributed by atoms with van der Waals surface area (Å²) in [6.45, 7) is 11.1. The summed E-state index contributed by atoms with van der Waals surface area (Å²) in [6.07, 6.45) is 11.6. The van der Waals surface area contributed by atoms with Crippen molar-refractivity contribution in [2.75, 3.05) is 13.2 Å². The van der Waals surface area contributed by atoms with Gasteiger partial charge in [0, 0.05) is 12.6 Å². The Labute approximate surface area is 127 Å².